The number of carbonyl (C=O) groups excluding carboxylic acids is 2. The highest BCUT2D eigenvalue weighted by molar-refractivity contribution is 7.89. The molecule has 2 aliphatic rings. The van der Waals surface area contributed by atoms with Gasteiger partial charge in [-0.15, -0.1) is 0 Å². The summed E-state index contributed by atoms with van der Waals surface area (Å²) in [6.07, 6.45) is -0.843. The molecule has 2 amide bonds. The van der Waals surface area contributed by atoms with E-state index in [4.69, 9.17) is 0 Å². The third kappa shape index (κ3) is 2.15. The standard InChI is InChI=1S/C12H10F2N2O5S/c13-8-2-1-3-9(14)11(8)22(19,20)15-4-7(5-15)16-10(17)6-21-12(16)18/h1-3,7H,4-6H2. The lowest BCUT2D eigenvalue weighted by Gasteiger charge is -2.40. The van der Waals surface area contributed by atoms with Crippen LogP contribution in [-0.4, -0.2) is 55.4 Å². The molecule has 0 radical (unpaired) electrons. The lowest BCUT2D eigenvalue weighted by molar-refractivity contribution is -0.128. The van der Waals surface area contributed by atoms with Gasteiger partial charge >= 0.3 is 6.09 Å². The van der Waals surface area contributed by atoms with Crippen molar-refractivity contribution in [2.24, 2.45) is 0 Å². The lowest BCUT2D eigenvalue weighted by atomic mass is 10.1. The van der Waals surface area contributed by atoms with E-state index in [0.29, 0.717) is 0 Å². The fraction of sp³-hybridized carbons (Fsp3) is 0.333. The van der Waals surface area contributed by atoms with Crippen molar-refractivity contribution in [3.05, 3.63) is 29.8 Å². The number of carbonyl (C=O) groups is 2. The van der Waals surface area contributed by atoms with Crippen LogP contribution in [0.1, 0.15) is 0 Å². The van der Waals surface area contributed by atoms with E-state index in [-0.39, 0.29) is 19.7 Å². The van der Waals surface area contributed by atoms with Crippen molar-refractivity contribution in [2.75, 3.05) is 19.7 Å². The van der Waals surface area contributed by atoms with Crippen molar-refractivity contribution in [2.45, 2.75) is 10.9 Å². The summed E-state index contributed by atoms with van der Waals surface area (Å²) in [6, 6.07) is 2.05. The molecule has 2 fully saturated rings. The Morgan fingerprint density at radius 2 is 1.73 bits per heavy atom. The number of benzene rings is 1. The average Bonchev–Trinajstić information content (AvgIpc) is 2.68. The summed E-state index contributed by atoms with van der Waals surface area (Å²) in [5.74, 6) is -2.95. The number of ether oxygens (including phenoxy) is 1. The first-order valence-corrected chi connectivity index (χ1v) is 7.69. The van der Waals surface area contributed by atoms with Crippen LogP contribution in [-0.2, 0) is 19.6 Å². The fourth-order valence-electron chi connectivity index (χ4n) is 2.35. The fourth-order valence-corrected chi connectivity index (χ4v) is 3.98. The monoisotopic (exact) mass is 332 g/mol. The van der Waals surface area contributed by atoms with Crippen molar-refractivity contribution >= 4 is 22.0 Å². The van der Waals surface area contributed by atoms with E-state index in [1.54, 1.807) is 0 Å². The molecule has 3 rings (SSSR count). The molecule has 0 N–H and O–H groups in total. The molecule has 0 atom stereocenters. The van der Waals surface area contributed by atoms with E-state index < -0.39 is 44.6 Å². The number of cyclic esters (lactones) is 1. The van der Waals surface area contributed by atoms with Gasteiger partial charge in [-0.05, 0) is 12.1 Å². The first kappa shape index (κ1) is 14.9. The summed E-state index contributed by atoms with van der Waals surface area (Å²) in [4.78, 5) is 22.6. The number of hydrogen-bond donors (Lipinski definition) is 0. The first-order chi connectivity index (χ1) is 10.3. The Hall–Kier alpha value is -2.07. The number of halogens is 2. The maximum absolute atomic E-state index is 13.6. The molecular formula is C12H10F2N2O5S. The molecular weight excluding hydrogens is 322 g/mol. The van der Waals surface area contributed by atoms with E-state index in [1.165, 1.54) is 0 Å². The van der Waals surface area contributed by atoms with Gasteiger partial charge in [0.1, 0.15) is 11.6 Å². The van der Waals surface area contributed by atoms with E-state index in [9.17, 15) is 26.8 Å². The third-order valence-corrected chi connectivity index (χ3v) is 5.38. The van der Waals surface area contributed by atoms with Crippen LogP contribution in [0.15, 0.2) is 23.1 Å². The number of sulfonamides is 1. The summed E-state index contributed by atoms with van der Waals surface area (Å²) in [7, 11) is -4.37. The molecule has 2 heterocycles. The Kier molecular flexibility index (Phi) is 3.37. The highest BCUT2D eigenvalue weighted by atomic mass is 32.2. The molecule has 118 valence electrons. The SMILES string of the molecule is O=C1COC(=O)N1C1CN(S(=O)(=O)c2c(F)cccc2F)C1. The van der Waals surface area contributed by atoms with Gasteiger partial charge in [-0.25, -0.2) is 26.9 Å². The molecule has 0 unspecified atom stereocenters. The molecule has 7 nitrogen and oxygen atoms in total. The molecule has 0 spiro atoms. The van der Waals surface area contributed by atoms with Crippen LogP contribution in [0.3, 0.4) is 0 Å². The highest BCUT2D eigenvalue weighted by Gasteiger charge is 2.47. The van der Waals surface area contributed by atoms with Gasteiger partial charge in [0.25, 0.3) is 5.91 Å². The summed E-state index contributed by atoms with van der Waals surface area (Å²) >= 11 is 0. The molecule has 1 aromatic rings. The summed E-state index contributed by atoms with van der Waals surface area (Å²) in [5, 5.41) is 0. The number of rotatable bonds is 3. The Labute approximate surface area is 124 Å². The quantitative estimate of drug-likeness (QED) is 0.796. The van der Waals surface area contributed by atoms with E-state index in [2.05, 4.69) is 4.74 Å². The maximum atomic E-state index is 13.6. The summed E-state index contributed by atoms with van der Waals surface area (Å²) < 4.78 is 57.0. The minimum absolute atomic E-state index is 0.225. The average molecular weight is 332 g/mol. The van der Waals surface area contributed by atoms with Gasteiger partial charge in [0.15, 0.2) is 11.5 Å². The van der Waals surface area contributed by atoms with Gasteiger partial charge in [-0.3, -0.25) is 4.79 Å². The molecule has 0 bridgehead atoms. The number of nitrogens with zero attached hydrogens (tertiary/aromatic N) is 2. The number of hydrogen-bond acceptors (Lipinski definition) is 5. The van der Waals surface area contributed by atoms with Gasteiger partial charge in [0.2, 0.25) is 10.0 Å². The second kappa shape index (κ2) is 4.99. The van der Waals surface area contributed by atoms with Gasteiger partial charge in [-0.2, -0.15) is 4.31 Å². The molecule has 0 saturated carbocycles. The zero-order valence-electron chi connectivity index (χ0n) is 11.0. The molecule has 10 heteroatoms. The Bertz CT molecular complexity index is 725. The normalized spacial score (nSPS) is 20.2. The van der Waals surface area contributed by atoms with Crippen molar-refractivity contribution in [1.82, 2.24) is 9.21 Å². The van der Waals surface area contributed by atoms with Crippen LogP contribution in [0.5, 0.6) is 0 Å². The lowest BCUT2D eigenvalue weighted by Crippen LogP contribution is -2.62. The first-order valence-electron chi connectivity index (χ1n) is 6.25. The molecule has 22 heavy (non-hydrogen) atoms. The number of amides is 2. The van der Waals surface area contributed by atoms with Gasteiger partial charge < -0.3 is 4.74 Å². The summed E-state index contributed by atoms with van der Waals surface area (Å²) in [5.41, 5.74) is 0. The smallest absolute Gasteiger partial charge is 0.417 e. The van der Waals surface area contributed by atoms with Crippen LogP contribution < -0.4 is 0 Å². The predicted octanol–water partition coefficient (Wildman–Crippen LogP) is 0.316. The molecule has 2 saturated heterocycles. The maximum Gasteiger partial charge on any atom is 0.417 e. The molecule has 1 aromatic carbocycles. The molecule has 2 aliphatic heterocycles. The minimum Gasteiger partial charge on any atom is -0.439 e. The van der Waals surface area contributed by atoms with Gasteiger partial charge in [0, 0.05) is 13.1 Å². The minimum atomic E-state index is -4.37. The van der Waals surface area contributed by atoms with Gasteiger partial charge in [0.05, 0.1) is 6.04 Å². The summed E-state index contributed by atoms with van der Waals surface area (Å²) in [6.45, 7) is -0.835. The predicted molar refractivity (Wildman–Crippen MR) is 67.1 cm³/mol. The van der Waals surface area contributed by atoms with Crippen molar-refractivity contribution in [1.29, 1.82) is 0 Å². The van der Waals surface area contributed by atoms with Crippen molar-refractivity contribution < 1.29 is 31.5 Å². The second-order valence-corrected chi connectivity index (χ2v) is 6.72. The highest BCUT2D eigenvalue weighted by Crippen LogP contribution is 2.29. The van der Waals surface area contributed by atoms with Crippen LogP contribution >= 0.6 is 0 Å². The second-order valence-electron chi connectivity index (χ2n) is 4.84. The largest absolute Gasteiger partial charge is 0.439 e. The van der Waals surface area contributed by atoms with Gasteiger partial charge in [-0.1, -0.05) is 6.07 Å². The van der Waals surface area contributed by atoms with Crippen LogP contribution in [0.4, 0.5) is 13.6 Å². The van der Waals surface area contributed by atoms with E-state index in [0.717, 1.165) is 27.4 Å². The Balaban J connectivity index is 1.80. The van der Waals surface area contributed by atoms with Crippen molar-refractivity contribution in [3.8, 4) is 0 Å². The van der Waals surface area contributed by atoms with E-state index >= 15 is 0 Å². The van der Waals surface area contributed by atoms with Crippen molar-refractivity contribution in [3.63, 3.8) is 0 Å². The Morgan fingerprint density at radius 1 is 1.14 bits per heavy atom. The Morgan fingerprint density at radius 3 is 2.23 bits per heavy atom. The topological polar surface area (TPSA) is 84.0 Å². The zero-order chi connectivity index (χ0) is 16.1. The molecule has 0 aromatic heterocycles. The zero-order valence-corrected chi connectivity index (χ0v) is 11.8. The third-order valence-electron chi connectivity index (χ3n) is 3.50. The number of imide groups is 1. The molecule has 0 aliphatic carbocycles. The van der Waals surface area contributed by atoms with Crippen LogP contribution in [0, 0.1) is 11.6 Å². The van der Waals surface area contributed by atoms with Crippen LogP contribution in [0.2, 0.25) is 0 Å². The van der Waals surface area contributed by atoms with E-state index in [1.807, 2.05) is 0 Å². The van der Waals surface area contributed by atoms with Crippen LogP contribution in [0.25, 0.3) is 0 Å².